The first kappa shape index (κ1) is 18.4. The Morgan fingerprint density at radius 1 is 1.46 bits per heavy atom. The summed E-state index contributed by atoms with van der Waals surface area (Å²) in [6, 6.07) is 3.90. The lowest BCUT2D eigenvalue weighted by Crippen LogP contribution is -2.33. The van der Waals surface area contributed by atoms with Crippen molar-refractivity contribution in [2.45, 2.75) is 45.8 Å². The zero-order valence-corrected chi connectivity index (χ0v) is 15.7. The maximum Gasteiger partial charge on any atom is 0.254 e. The predicted octanol–water partition coefficient (Wildman–Crippen LogP) is 1.78. The number of aryl methyl sites for hydroxylation is 1. The molecule has 3 rings (SSSR count). The maximum absolute atomic E-state index is 12.4. The molecular weight excluding hydrogens is 330 g/mol. The second-order valence-electron chi connectivity index (χ2n) is 7.03. The van der Waals surface area contributed by atoms with E-state index in [9.17, 15) is 4.79 Å². The molecule has 0 spiro atoms. The van der Waals surface area contributed by atoms with Crippen LogP contribution in [0.3, 0.4) is 0 Å². The summed E-state index contributed by atoms with van der Waals surface area (Å²) < 4.78 is 7.20. The second-order valence-corrected chi connectivity index (χ2v) is 7.03. The fourth-order valence-corrected chi connectivity index (χ4v) is 3.29. The number of fused-ring (bicyclic) bond motifs is 1. The van der Waals surface area contributed by atoms with Gasteiger partial charge in [-0.2, -0.15) is 5.10 Å². The van der Waals surface area contributed by atoms with Crippen LogP contribution in [0.25, 0.3) is 0 Å². The van der Waals surface area contributed by atoms with Crippen LogP contribution < -0.4 is 15.4 Å². The van der Waals surface area contributed by atoms with Gasteiger partial charge in [0.25, 0.3) is 5.91 Å². The van der Waals surface area contributed by atoms with Crippen molar-refractivity contribution in [3.8, 4) is 5.75 Å². The van der Waals surface area contributed by atoms with Crippen LogP contribution in [0.1, 0.15) is 42.0 Å². The molecule has 26 heavy (non-hydrogen) atoms. The first-order valence-corrected chi connectivity index (χ1v) is 9.12. The Morgan fingerprint density at radius 3 is 3.08 bits per heavy atom. The lowest BCUT2D eigenvalue weighted by molar-refractivity contribution is 0.0941. The highest BCUT2D eigenvalue weighted by Gasteiger charge is 2.25. The standard InChI is InChI=1S/C19H27N5O2/c1-13(2)23-19(25)17-12-22-24-7-5-14(8-18(17)24)10-20-11-15-9-16(26-3)4-6-21-15/h4,6,9,12-14,20H,5,7-8,10-11H2,1-3H3,(H,23,25). The van der Waals surface area contributed by atoms with Gasteiger partial charge in [-0.25, -0.2) is 0 Å². The fraction of sp³-hybridized carbons (Fsp3) is 0.526. The van der Waals surface area contributed by atoms with Crippen LogP contribution in [0.15, 0.2) is 24.5 Å². The number of hydrogen-bond acceptors (Lipinski definition) is 5. The molecule has 1 aliphatic rings. The molecule has 0 radical (unpaired) electrons. The number of nitrogens with zero attached hydrogens (tertiary/aromatic N) is 3. The number of methoxy groups -OCH3 is 1. The van der Waals surface area contributed by atoms with E-state index in [1.807, 2.05) is 30.7 Å². The van der Waals surface area contributed by atoms with E-state index in [-0.39, 0.29) is 11.9 Å². The minimum absolute atomic E-state index is 0.0320. The monoisotopic (exact) mass is 357 g/mol. The molecule has 0 bridgehead atoms. The molecule has 2 N–H and O–H groups in total. The lowest BCUT2D eigenvalue weighted by Gasteiger charge is -2.24. The molecule has 0 fully saturated rings. The summed E-state index contributed by atoms with van der Waals surface area (Å²) in [7, 11) is 1.66. The smallest absolute Gasteiger partial charge is 0.254 e. The third-order valence-electron chi connectivity index (χ3n) is 4.61. The van der Waals surface area contributed by atoms with Crippen LogP contribution in [0, 0.1) is 5.92 Å². The van der Waals surface area contributed by atoms with Crippen molar-refractivity contribution in [3.05, 3.63) is 41.5 Å². The summed E-state index contributed by atoms with van der Waals surface area (Å²) in [6.45, 7) is 6.37. The van der Waals surface area contributed by atoms with Crippen molar-refractivity contribution in [1.29, 1.82) is 0 Å². The zero-order valence-electron chi connectivity index (χ0n) is 15.7. The molecule has 0 aromatic carbocycles. The van der Waals surface area contributed by atoms with Crippen molar-refractivity contribution in [2.75, 3.05) is 13.7 Å². The number of carbonyl (C=O) groups is 1. The van der Waals surface area contributed by atoms with Crippen LogP contribution >= 0.6 is 0 Å². The Hall–Kier alpha value is -2.41. The topological polar surface area (TPSA) is 81.1 Å². The summed E-state index contributed by atoms with van der Waals surface area (Å²) in [5.74, 6) is 1.27. The second kappa shape index (κ2) is 8.31. The average molecular weight is 357 g/mol. The van der Waals surface area contributed by atoms with Gasteiger partial charge in [0, 0.05) is 31.4 Å². The van der Waals surface area contributed by atoms with E-state index in [0.717, 1.165) is 43.1 Å². The van der Waals surface area contributed by atoms with Gasteiger partial charge in [0.15, 0.2) is 0 Å². The fourth-order valence-electron chi connectivity index (χ4n) is 3.29. The summed E-state index contributed by atoms with van der Waals surface area (Å²) in [5.41, 5.74) is 2.71. The number of carbonyl (C=O) groups excluding carboxylic acids is 1. The molecule has 0 saturated heterocycles. The molecule has 2 aromatic heterocycles. The normalized spacial score (nSPS) is 16.4. The van der Waals surface area contributed by atoms with Crippen molar-refractivity contribution in [3.63, 3.8) is 0 Å². The Balaban J connectivity index is 1.56. The lowest BCUT2D eigenvalue weighted by atomic mass is 9.94. The Kier molecular flexibility index (Phi) is 5.88. The molecule has 1 atom stereocenters. The number of rotatable bonds is 7. The van der Waals surface area contributed by atoms with E-state index >= 15 is 0 Å². The van der Waals surface area contributed by atoms with E-state index in [1.54, 1.807) is 19.5 Å². The van der Waals surface area contributed by atoms with Gasteiger partial charge in [-0.15, -0.1) is 0 Å². The maximum atomic E-state index is 12.4. The number of aromatic nitrogens is 3. The van der Waals surface area contributed by atoms with Gasteiger partial charge in [-0.3, -0.25) is 14.5 Å². The number of amides is 1. The van der Waals surface area contributed by atoms with Crippen LogP contribution in [0.2, 0.25) is 0 Å². The van der Waals surface area contributed by atoms with Gasteiger partial charge < -0.3 is 15.4 Å². The van der Waals surface area contributed by atoms with Crippen LogP contribution in [-0.2, 0) is 19.5 Å². The Bertz CT molecular complexity index is 756. The van der Waals surface area contributed by atoms with Crippen LogP contribution in [-0.4, -0.2) is 40.4 Å². The summed E-state index contributed by atoms with van der Waals surface area (Å²) in [4.78, 5) is 16.7. The first-order chi connectivity index (χ1) is 12.6. The molecule has 7 heteroatoms. The van der Waals surface area contributed by atoms with E-state index in [2.05, 4.69) is 20.7 Å². The molecule has 1 amide bonds. The minimum atomic E-state index is -0.0320. The van der Waals surface area contributed by atoms with Gasteiger partial charge in [0.2, 0.25) is 0 Å². The zero-order chi connectivity index (χ0) is 18.5. The largest absolute Gasteiger partial charge is 0.497 e. The average Bonchev–Trinajstić information content (AvgIpc) is 3.05. The molecule has 0 aliphatic carbocycles. The quantitative estimate of drug-likeness (QED) is 0.789. The molecule has 140 valence electrons. The number of nitrogens with one attached hydrogen (secondary N) is 2. The van der Waals surface area contributed by atoms with Crippen molar-refractivity contribution < 1.29 is 9.53 Å². The first-order valence-electron chi connectivity index (χ1n) is 9.12. The van der Waals surface area contributed by atoms with Gasteiger partial charge >= 0.3 is 0 Å². The van der Waals surface area contributed by atoms with Gasteiger partial charge in [0.1, 0.15) is 5.75 Å². The Morgan fingerprint density at radius 2 is 2.31 bits per heavy atom. The van der Waals surface area contributed by atoms with E-state index in [0.29, 0.717) is 18.0 Å². The van der Waals surface area contributed by atoms with Crippen LogP contribution in [0.5, 0.6) is 5.75 Å². The highest BCUT2D eigenvalue weighted by atomic mass is 16.5. The molecule has 3 heterocycles. The van der Waals surface area contributed by atoms with Crippen molar-refractivity contribution >= 4 is 5.91 Å². The van der Waals surface area contributed by atoms with Crippen LogP contribution in [0.4, 0.5) is 0 Å². The minimum Gasteiger partial charge on any atom is -0.497 e. The highest BCUT2D eigenvalue weighted by Crippen LogP contribution is 2.23. The van der Waals surface area contributed by atoms with Gasteiger partial charge in [-0.1, -0.05) is 0 Å². The molecule has 1 aliphatic heterocycles. The van der Waals surface area contributed by atoms with Crippen molar-refractivity contribution in [2.24, 2.45) is 5.92 Å². The SMILES string of the molecule is COc1ccnc(CNCC2CCn3ncc(C(=O)NC(C)C)c3C2)c1. The number of pyridine rings is 1. The van der Waals surface area contributed by atoms with E-state index in [4.69, 9.17) is 4.74 Å². The molecule has 2 aromatic rings. The molecular formula is C19H27N5O2. The summed E-state index contributed by atoms with van der Waals surface area (Å²) in [6.07, 6.45) is 5.37. The third kappa shape index (κ3) is 4.40. The van der Waals surface area contributed by atoms with E-state index in [1.165, 1.54) is 0 Å². The molecule has 1 unspecified atom stereocenters. The molecule has 7 nitrogen and oxygen atoms in total. The van der Waals surface area contributed by atoms with Gasteiger partial charge in [-0.05, 0) is 45.2 Å². The molecule has 0 saturated carbocycles. The Labute approximate surface area is 154 Å². The highest BCUT2D eigenvalue weighted by molar-refractivity contribution is 5.95. The van der Waals surface area contributed by atoms with Crippen molar-refractivity contribution in [1.82, 2.24) is 25.4 Å². The summed E-state index contributed by atoms with van der Waals surface area (Å²) in [5, 5.41) is 10.8. The third-order valence-corrected chi connectivity index (χ3v) is 4.61. The predicted molar refractivity (Wildman–Crippen MR) is 99.1 cm³/mol. The van der Waals surface area contributed by atoms with E-state index < -0.39 is 0 Å². The number of hydrogen-bond donors (Lipinski definition) is 2. The summed E-state index contributed by atoms with van der Waals surface area (Å²) >= 11 is 0. The number of ether oxygens (including phenoxy) is 1. The van der Waals surface area contributed by atoms with Gasteiger partial charge in [0.05, 0.1) is 30.3 Å².